The van der Waals surface area contributed by atoms with Gasteiger partial charge in [-0.05, 0) is 63.3 Å². The summed E-state index contributed by atoms with van der Waals surface area (Å²) >= 11 is 0. The average molecular weight is 295 g/mol. The highest BCUT2D eigenvalue weighted by molar-refractivity contribution is 5.68. The zero-order valence-corrected chi connectivity index (χ0v) is 12.7. The number of nitrogens with zero attached hydrogens (tertiary/aromatic N) is 1. The summed E-state index contributed by atoms with van der Waals surface area (Å²) in [6, 6.07) is 4.10. The number of hydrogen-bond donors (Lipinski definition) is 1. The van der Waals surface area contributed by atoms with E-state index in [1.807, 2.05) is 20.8 Å². The second-order valence-corrected chi connectivity index (χ2v) is 6.45. The molecular formula is C16H22FNO3. The van der Waals surface area contributed by atoms with Crippen molar-refractivity contribution in [2.75, 3.05) is 13.1 Å². The second-order valence-electron chi connectivity index (χ2n) is 6.45. The van der Waals surface area contributed by atoms with Crippen molar-refractivity contribution in [1.82, 2.24) is 4.90 Å². The monoisotopic (exact) mass is 295 g/mol. The molecule has 2 rings (SSSR count). The average Bonchev–Trinajstić information content (AvgIpc) is 2.40. The van der Waals surface area contributed by atoms with Crippen LogP contribution < -0.4 is 0 Å². The van der Waals surface area contributed by atoms with Gasteiger partial charge in [0.05, 0.1) is 0 Å². The van der Waals surface area contributed by atoms with E-state index in [-0.39, 0.29) is 23.6 Å². The Bertz CT molecular complexity index is 517. The highest BCUT2D eigenvalue weighted by Gasteiger charge is 2.28. The third-order valence-corrected chi connectivity index (χ3v) is 3.57. The summed E-state index contributed by atoms with van der Waals surface area (Å²) in [6.45, 7) is 6.57. The molecule has 0 aromatic heterocycles. The maximum Gasteiger partial charge on any atom is 0.410 e. The Kier molecular flexibility index (Phi) is 4.40. The van der Waals surface area contributed by atoms with Gasteiger partial charge in [-0.15, -0.1) is 0 Å². The van der Waals surface area contributed by atoms with Crippen molar-refractivity contribution in [3.63, 3.8) is 0 Å². The van der Waals surface area contributed by atoms with Gasteiger partial charge in [0, 0.05) is 13.1 Å². The van der Waals surface area contributed by atoms with E-state index in [0.29, 0.717) is 31.5 Å². The standard InChI is InChI=1S/C16H22FNO3/c1-16(2,3)21-15(20)18-8-6-11(7-9-18)13-10-12(19)4-5-14(13)17/h4-5,10-11,19H,6-9H2,1-3H3. The van der Waals surface area contributed by atoms with Crippen molar-refractivity contribution >= 4 is 6.09 Å². The summed E-state index contributed by atoms with van der Waals surface area (Å²) in [5, 5.41) is 9.48. The van der Waals surface area contributed by atoms with Crippen LogP contribution in [0.15, 0.2) is 18.2 Å². The first-order valence-electron chi connectivity index (χ1n) is 7.22. The van der Waals surface area contributed by atoms with E-state index in [1.54, 1.807) is 4.90 Å². The predicted octanol–water partition coefficient (Wildman–Crippen LogP) is 3.65. The molecule has 0 bridgehead atoms. The first-order chi connectivity index (χ1) is 9.76. The third kappa shape index (κ3) is 4.09. The molecule has 1 heterocycles. The fourth-order valence-electron chi connectivity index (χ4n) is 2.54. The molecule has 1 aliphatic heterocycles. The van der Waals surface area contributed by atoms with Crippen LogP contribution in [0.4, 0.5) is 9.18 Å². The molecule has 0 radical (unpaired) electrons. The molecule has 1 saturated heterocycles. The highest BCUT2D eigenvalue weighted by atomic mass is 19.1. The summed E-state index contributed by atoms with van der Waals surface area (Å²) in [6.07, 6.45) is 1.01. The van der Waals surface area contributed by atoms with Crippen LogP contribution in [0.2, 0.25) is 0 Å². The Balaban J connectivity index is 1.97. The van der Waals surface area contributed by atoms with E-state index < -0.39 is 5.60 Å². The fraction of sp³-hybridized carbons (Fsp3) is 0.562. The maximum absolute atomic E-state index is 13.8. The number of halogens is 1. The minimum Gasteiger partial charge on any atom is -0.508 e. The van der Waals surface area contributed by atoms with Gasteiger partial charge in [0.25, 0.3) is 0 Å². The number of piperidine rings is 1. The Morgan fingerprint density at radius 2 is 1.95 bits per heavy atom. The zero-order valence-electron chi connectivity index (χ0n) is 12.7. The van der Waals surface area contributed by atoms with Crippen LogP contribution in [0, 0.1) is 5.82 Å². The van der Waals surface area contributed by atoms with Crippen molar-refractivity contribution in [2.45, 2.75) is 45.1 Å². The Morgan fingerprint density at radius 3 is 2.52 bits per heavy atom. The van der Waals surface area contributed by atoms with Gasteiger partial charge in [0.15, 0.2) is 0 Å². The van der Waals surface area contributed by atoms with E-state index in [2.05, 4.69) is 0 Å². The van der Waals surface area contributed by atoms with Gasteiger partial charge in [0.1, 0.15) is 17.2 Å². The van der Waals surface area contributed by atoms with Crippen LogP contribution in [0.3, 0.4) is 0 Å². The topological polar surface area (TPSA) is 49.8 Å². The van der Waals surface area contributed by atoms with E-state index in [9.17, 15) is 14.3 Å². The third-order valence-electron chi connectivity index (χ3n) is 3.57. The molecule has 0 atom stereocenters. The molecule has 0 aliphatic carbocycles. The number of hydrogen-bond acceptors (Lipinski definition) is 3. The van der Waals surface area contributed by atoms with Gasteiger partial charge in [0.2, 0.25) is 0 Å². The number of benzene rings is 1. The van der Waals surface area contributed by atoms with Gasteiger partial charge in [-0.1, -0.05) is 0 Å². The largest absolute Gasteiger partial charge is 0.508 e. The summed E-state index contributed by atoms with van der Waals surface area (Å²) in [4.78, 5) is 13.6. The first-order valence-corrected chi connectivity index (χ1v) is 7.22. The molecule has 1 aromatic rings. The number of phenols is 1. The summed E-state index contributed by atoms with van der Waals surface area (Å²) < 4.78 is 19.1. The van der Waals surface area contributed by atoms with E-state index in [0.717, 1.165) is 0 Å². The number of amides is 1. The molecule has 0 spiro atoms. The lowest BCUT2D eigenvalue weighted by Gasteiger charge is -2.33. The summed E-state index contributed by atoms with van der Waals surface area (Å²) in [7, 11) is 0. The Hall–Kier alpha value is -1.78. The van der Waals surface area contributed by atoms with Gasteiger partial charge >= 0.3 is 6.09 Å². The molecule has 116 valence electrons. The molecule has 0 saturated carbocycles. The van der Waals surface area contributed by atoms with Gasteiger partial charge < -0.3 is 14.7 Å². The second kappa shape index (κ2) is 5.92. The molecule has 4 nitrogen and oxygen atoms in total. The van der Waals surface area contributed by atoms with Crippen molar-refractivity contribution in [2.24, 2.45) is 0 Å². The number of aromatic hydroxyl groups is 1. The molecule has 1 N–H and O–H groups in total. The smallest absolute Gasteiger partial charge is 0.410 e. The number of phenolic OH excluding ortho intramolecular Hbond substituents is 1. The number of likely N-dealkylation sites (tertiary alicyclic amines) is 1. The van der Waals surface area contributed by atoms with Crippen LogP contribution in [0.1, 0.15) is 45.1 Å². The molecule has 1 aliphatic rings. The molecular weight excluding hydrogens is 273 g/mol. The van der Waals surface area contributed by atoms with Gasteiger partial charge in [-0.25, -0.2) is 9.18 Å². The number of carbonyl (C=O) groups excluding carboxylic acids is 1. The zero-order chi connectivity index (χ0) is 15.6. The number of rotatable bonds is 1. The normalized spacial score (nSPS) is 16.9. The van der Waals surface area contributed by atoms with E-state index >= 15 is 0 Å². The molecule has 1 aromatic carbocycles. The predicted molar refractivity (Wildman–Crippen MR) is 77.8 cm³/mol. The summed E-state index contributed by atoms with van der Waals surface area (Å²) in [5.74, 6) is -0.208. The van der Waals surface area contributed by atoms with Crippen LogP contribution in [-0.4, -0.2) is 34.8 Å². The number of ether oxygens (including phenoxy) is 1. The van der Waals surface area contributed by atoms with Crippen LogP contribution >= 0.6 is 0 Å². The molecule has 5 heteroatoms. The highest BCUT2D eigenvalue weighted by Crippen LogP contribution is 2.32. The van der Waals surface area contributed by atoms with Crippen LogP contribution in [0.5, 0.6) is 5.75 Å². The van der Waals surface area contributed by atoms with Crippen molar-refractivity contribution < 1.29 is 19.0 Å². The first kappa shape index (κ1) is 15.6. The van der Waals surface area contributed by atoms with Crippen LogP contribution in [0.25, 0.3) is 0 Å². The molecule has 1 fully saturated rings. The minimum atomic E-state index is -0.509. The lowest BCUT2D eigenvalue weighted by Crippen LogP contribution is -2.41. The Morgan fingerprint density at radius 1 is 1.33 bits per heavy atom. The molecule has 21 heavy (non-hydrogen) atoms. The molecule has 0 unspecified atom stereocenters. The van der Waals surface area contributed by atoms with Crippen molar-refractivity contribution in [3.05, 3.63) is 29.6 Å². The maximum atomic E-state index is 13.8. The fourth-order valence-corrected chi connectivity index (χ4v) is 2.54. The summed E-state index contributed by atoms with van der Waals surface area (Å²) in [5.41, 5.74) is 0.0180. The van der Waals surface area contributed by atoms with Crippen molar-refractivity contribution in [1.29, 1.82) is 0 Å². The Labute approximate surface area is 124 Å². The van der Waals surface area contributed by atoms with Crippen LogP contribution in [-0.2, 0) is 4.74 Å². The van der Waals surface area contributed by atoms with Gasteiger partial charge in [-0.3, -0.25) is 0 Å². The SMILES string of the molecule is CC(C)(C)OC(=O)N1CCC(c2cc(O)ccc2F)CC1. The van der Waals surface area contributed by atoms with E-state index in [1.165, 1.54) is 18.2 Å². The molecule has 1 amide bonds. The van der Waals surface area contributed by atoms with Crippen molar-refractivity contribution in [3.8, 4) is 5.75 Å². The van der Waals surface area contributed by atoms with E-state index in [4.69, 9.17) is 4.74 Å². The minimum absolute atomic E-state index is 0.0239. The number of carbonyl (C=O) groups is 1. The lowest BCUT2D eigenvalue weighted by atomic mass is 9.89. The van der Waals surface area contributed by atoms with Gasteiger partial charge in [-0.2, -0.15) is 0 Å². The lowest BCUT2D eigenvalue weighted by molar-refractivity contribution is 0.0204. The quantitative estimate of drug-likeness (QED) is 0.860.